The van der Waals surface area contributed by atoms with Crippen LogP contribution in [0.5, 0.6) is 5.75 Å². The van der Waals surface area contributed by atoms with Gasteiger partial charge in [-0.1, -0.05) is 12.1 Å². The summed E-state index contributed by atoms with van der Waals surface area (Å²) in [5.41, 5.74) is 0.622. The first-order valence-electron chi connectivity index (χ1n) is 5.52. The molecular formula is C12H18N2O3. The molecule has 1 rings (SSSR count). The van der Waals surface area contributed by atoms with E-state index in [1.807, 2.05) is 19.1 Å². The molecule has 0 heterocycles. The predicted octanol–water partition coefficient (Wildman–Crippen LogP) is 1.54. The van der Waals surface area contributed by atoms with Gasteiger partial charge in [-0.25, -0.2) is 4.79 Å². The molecule has 0 aliphatic heterocycles. The highest BCUT2D eigenvalue weighted by atomic mass is 16.5. The van der Waals surface area contributed by atoms with Gasteiger partial charge in [-0.15, -0.1) is 0 Å². The van der Waals surface area contributed by atoms with E-state index < -0.39 is 0 Å². The van der Waals surface area contributed by atoms with Crippen LogP contribution in [0.3, 0.4) is 0 Å². The quantitative estimate of drug-likeness (QED) is 0.818. The normalized spacial score (nSPS) is 9.82. The minimum absolute atomic E-state index is 0.0484. The fourth-order valence-corrected chi connectivity index (χ4v) is 1.47. The Hall–Kier alpha value is -1.75. The number of rotatable bonds is 5. The van der Waals surface area contributed by atoms with Gasteiger partial charge in [0.15, 0.2) is 0 Å². The summed E-state index contributed by atoms with van der Waals surface area (Å²) in [4.78, 5) is 13.4. The Labute approximate surface area is 101 Å². The number of urea groups is 1. The molecule has 0 bridgehead atoms. The second-order valence-electron chi connectivity index (χ2n) is 3.43. The van der Waals surface area contributed by atoms with Gasteiger partial charge >= 0.3 is 6.03 Å². The van der Waals surface area contributed by atoms with Crippen LogP contribution >= 0.6 is 0 Å². The van der Waals surface area contributed by atoms with E-state index in [9.17, 15) is 4.79 Å². The van der Waals surface area contributed by atoms with Gasteiger partial charge in [0.05, 0.1) is 19.4 Å². The van der Waals surface area contributed by atoms with E-state index in [0.29, 0.717) is 24.5 Å². The van der Waals surface area contributed by atoms with Crippen molar-refractivity contribution in [3.8, 4) is 5.75 Å². The largest absolute Gasteiger partial charge is 0.495 e. The summed E-state index contributed by atoms with van der Waals surface area (Å²) < 4.78 is 5.14. The van der Waals surface area contributed by atoms with Gasteiger partial charge in [-0.05, 0) is 19.1 Å². The van der Waals surface area contributed by atoms with E-state index in [2.05, 4.69) is 5.32 Å². The molecule has 0 aliphatic rings. The molecule has 5 heteroatoms. The number of carbonyl (C=O) groups is 1. The minimum atomic E-state index is -0.244. The zero-order valence-electron chi connectivity index (χ0n) is 10.1. The molecule has 0 unspecified atom stereocenters. The van der Waals surface area contributed by atoms with Crippen LogP contribution in [0.25, 0.3) is 0 Å². The fourth-order valence-electron chi connectivity index (χ4n) is 1.47. The molecule has 0 radical (unpaired) electrons. The van der Waals surface area contributed by atoms with Crippen molar-refractivity contribution in [2.45, 2.75) is 6.92 Å². The summed E-state index contributed by atoms with van der Waals surface area (Å²) in [5, 5.41) is 11.6. The monoisotopic (exact) mass is 238 g/mol. The lowest BCUT2D eigenvalue weighted by Gasteiger charge is -2.20. The van der Waals surface area contributed by atoms with Crippen LogP contribution in [-0.2, 0) is 0 Å². The smallest absolute Gasteiger partial charge is 0.322 e. The van der Waals surface area contributed by atoms with E-state index in [4.69, 9.17) is 9.84 Å². The Bertz CT molecular complexity index is 369. The molecule has 0 saturated heterocycles. The molecule has 1 aromatic carbocycles. The molecule has 0 saturated carbocycles. The van der Waals surface area contributed by atoms with Gasteiger partial charge < -0.3 is 20.1 Å². The summed E-state index contributed by atoms with van der Waals surface area (Å²) >= 11 is 0. The number of nitrogens with one attached hydrogen (secondary N) is 1. The van der Waals surface area contributed by atoms with Gasteiger partial charge in [-0.2, -0.15) is 0 Å². The number of benzene rings is 1. The fraction of sp³-hybridized carbons (Fsp3) is 0.417. The van der Waals surface area contributed by atoms with Gasteiger partial charge in [0, 0.05) is 13.1 Å². The average molecular weight is 238 g/mol. The second-order valence-corrected chi connectivity index (χ2v) is 3.43. The maximum Gasteiger partial charge on any atom is 0.322 e. The Morgan fingerprint density at radius 2 is 2.18 bits per heavy atom. The van der Waals surface area contributed by atoms with Crippen molar-refractivity contribution in [3.05, 3.63) is 24.3 Å². The molecule has 2 amide bonds. The number of aliphatic hydroxyl groups is 1. The molecule has 0 aliphatic carbocycles. The predicted molar refractivity (Wildman–Crippen MR) is 66.3 cm³/mol. The molecule has 94 valence electrons. The third kappa shape index (κ3) is 3.64. The number of nitrogens with zero attached hydrogens (tertiary/aromatic N) is 1. The van der Waals surface area contributed by atoms with E-state index in [0.717, 1.165) is 0 Å². The third-order valence-electron chi connectivity index (χ3n) is 2.39. The van der Waals surface area contributed by atoms with Crippen LogP contribution in [0.1, 0.15) is 6.92 Å². The van der Waals surface area contributed by atoms with Gasteiger partial charge in [0.25, 0.3) is 0 Å². The van der Waals surface area contributed by atoms with Crippen LogP contribution in [-0.4, -0.2) is 42.8 Å². The average Bonchev–Trinajstić information content (AvgIpc) is 2.36. The van der Waals surface area contributed by atoms with Crippen molar-refractivity contribution in [2.24, 2.45) is 0 Å². The maximum absolute atomic E-state index is 11.8. The molecular weight excluding hydrogens is 220 g/mol. The van der Waals surface area contributed by atoms with Gasteiger partial charge in [0.2, 0.25) is 0 Å². The van der Waals surface area contributed by atoms with E-state index in [1.165, 1.54) is 4.90 Å². The van der Waals surface area contributed by atoms with Crippen molar-refractivity contribution in [1.82, 2.24) is 4.90 Å². The van der Waals surface area contributed by atoms with Crippen molar-refractivity contribution >= 4 is 11.7 Å². The number of para-hydroxylation sites is 2. The number of carbonyl (C=O) groups excluding carboxylic acids is 1. The zero-order valence-corrected chi connectivity index (χ0v) is 10.1. The van der Waals surface area contributed by atoms with Crippen LogP contribution < -0.4 is 10.1 Å². The summed E-state index contributed by atoms with van der Waals surface area (Å²) in [5.74, 6) is 0.612. The first-order chi connectivity index (χ1) is 8.22. The Morgan fingerprint density at radius 3 is 2.76 bits per heavy atom. The zero-order chi connectivity index (χ0) is 12.7. The number of hydrogen-bond acceptors (Lipinski definition) is 3. The number of hydrogen-bond donors (Lipinski definition) is 2. The number of ether oxygens (including phenoxy) is 1. The molecule has 0 spiro atoms. The van der Waals surface area contributed by atoms with Crippen molar-refractivity contribution in [2.75, 3.05) is 32.1 Å². The number of likely N-dealkylation sites (N-methyl/N-ethyl adjacent to an activating group) is 1. The van der Waals surface area contributed by atoms with Crippen molar-refractivity contribution in [3.63, 3.8) is 0 Å². The van der Waals surface area contributed by atoms with E-state index >= 15 is 0 Å². The highest BCUT2D eigenvalue weighted by Crippen LogP contribution is 2.23. The topological polar surface area (TPSA) is 61.8 Å². The van der Waals surface area contributed by atoms with Crippen LogP contribution in [0.15, 0.2) is 24.3 Å². The highest BCUT2D eigenvalue weighted by Gasteiger charge is 2.12. The lowest BCUT2D eigenvalue weighted by Crippen LogP contribution is -2.36. The number of anilines is 1. The molecule has 0 atom stereocenters. The summed E-state index contributed by atoms with van der Waals surface area (Å²) in [7, 11) is 1.55. The molecule has 2 N–H and O–H groups in total. The summed E-state index contributed by atoms with van der Waals surface area (Å²) in [6.45, 7) is 2.67. The van der Waals surface area contributed by atoms with Crippen LogP contribution in [0, 0.1) is 0 Å². The third-order valence-corrected chi connectivity index (χ3v) is 2.39. The summed E-state index contributed by atoms with van der Waals surface area (Å²) in [6, 6.07) is 6.95. The lowest BCUT2D eigenvalue weighted by atomic mass is 10.3. The number of amides is 2. The standard InChI is InChI=1S/C12H18N2O3/c1-3-14(8-9-15)12(16)13-10-6-4-5-7-11(10)17-2/h4-7,15H,3,8-9H2,1-2H3,(H,13,16). The molecule has 5 nitrogen and oxygen atoms in total. The lowest BCUT2D eigenvalue weighted by molar-refractivity contribution is 0.192. The first kappa shape index (κ1) is 13.3. The van der Waals surface area contributed by atoms with Crippen LogP contribution in [0.2, 0.25) is 0 Å². The van der Waals surface area contributed by atoms with Gasteiger partial charge in [0.1, 0.15) is 5.75 Å². The molecule has 0 fully saturated rings. The van der Waals surface area contributed by atoms with Crippen LogP contribution in [0.4, 0.5) is 10.5 Å². The molecule has 17 heavy (non-hydrogen) atoms. The Balaban J connectivity index is 2.72. The number of methoxy groups -OCH3 is 1. The molecule has 0 aromatic heterocycles. The minimum Gasteiger partial charge on any atom is -0.495 e. The highest BCUT2D eigenvalue weighted by molar-refractivity contribution is 5.90. The van der Waals surface area contributed by atoms with E-state index in [-0.39, 0.29) is 12.6 Å². The summed E-state index contributed by atoms with van der Waals surface area (Å²) in [6.07, 6.45) is 0. The molecule has 1 aromatic rings. The Kier molecular flexibility index (Phi) is 5.29. The van der Waals surface area contributed by atoms with E-state index in [1.54, 1.807) is 19.2 Å². The number of aliphatic hydroxyl groups excluding tert-OH is 1. The second kappa shape index (κ2) is 6.75. The maximum atomic E-state index is 11.8. The Morgan fingerprint density at radius 1 is 1.47 bits per heavy atom. The SMILES string of the molecule is CCN(CCO)C(=O)Nc1ccccc1OC. The van der Waals surface area contributed by atoms with Gasteiger partial charge in [-0.3, -0.25) is 0 Å². The first-order valence-corrected chi connectivity index (χ1v) is 5.52. The van der Waals surface area contributed by atoms with Crippen molar-refractivity contribution < 1.29 is 14.6 Å². The van der Waals surface area contributed by atoms with Crippen molar-refractivity contribution in [1.29, 1.82) is 0 Å².